The molecule has 0 amide bonds. The van der Waals surface area contributed by atoms with Gasteiger partial charge in [0.1, 0.15) is 0 Å². The predicted octanol–water partition coefficient (Wildman–Crippen LogP) is 5.34. The summed E-state index contributed by atoms with van der Waals surface area (Å²) < 4.78 is 0. The van der Waals surface area contributed by atoms with Gasteiger partial charge >= 0.3 is 0 Å². The topological polar surface area (TPSA) is 12.9 Å². The van der Waals surface area contributed by atoms with Gasteiger partial charge in [-0.3, -0.25) is 4.98 Å². The van der Waals surface area contributed by atoms with Gasteiger partial charge in [-0.1, -0.05) is 41.5 Å². The Labute approximate surface area is 122 Å². The number of pyridine rings is 1. The number of aromatic nitrogens is 1. The third-order valence-electron chi connectivity index (χ3n) is 2.68. The molecule has 1 nitrogen and oxygen atoms in total. The van der Waals surface area contributed by atoms with E-state index in [0.29, 0.717) is 10.3 Å². The summed E-state index contributed by atoms with van der Waals surface area (Å²) in [6.07, 6.45) is 2.24. The molecule has 0 saturated carbocycles. The van der Waals surface area contributed by atoms with Crippen LogP contribution in [0.15, 0.2) is 12.1 Å². The minimum Gasteiger partial charge on any atom is -0.257 e. The first-order chi connectivity index (χ1) is 8.55. The molecule has 1 heterocycles. The normalized spacial score (nSPS) is 14.1. The van der Waals surface area contributed by atoms with E-state index in [1.54, 1.807) is 0 Å². The molecule has 0 N–H and O–H groups in total. The minimum atomic E-state index is 0.415. The van der Waals surface area contributed by atoms with Crippen molar-refractivity contribution in [2.24, 2.45) is 0 Å². The molecule has 1 rings (SSSR count). The average Bonchev–Trinajstić information content (AvgIpc) is 2.21. The standard InChI is InChI=1S/C16H29NP2/c1-12-8-13(10-18-15(2,3)4)17-14(9-12)11-19-16(5,6)7/h8-9,18-19H,10-11H2,1-7H3. The molecule has 2 unspecified atom stereocenters. The molecule has 1 aromatic rings. The molecule has 3 heteroatoms. The smallest absolute Gasteiger partial charge is 0.0450 e. The molecule has 0 radical (unpaired) electrons. The Morgan fingerprint density at radius 3 is 1.53 bits per heavy atom. The quantitative estimate of drug-likeness (QED) is 0.683. The van der Waals surface area contributed by atoms with Gasteiger partial charge in [0.2, 0.25) is 0 Å². The summed E-state index contributed by atoms with van der Waals surface area (Å²) in [5, 5.41) is 0.831. The molecule has 1 aromatic heterocycles. The highest BCUT2D eigenvalue weighted by Crippen LogP contribution is 2.35. The first kappa shape index (κ1) is 17.1. The number of rotatable bonds is 4. The van der Waals surface area contributed by atoms with Gasteiger partial charge in [-0.05, 0) is 34.9 Å². The summed E-state index contributed by atoms with van der Waals surface area (Å²) in [5.41, 5.74) is 3.92. The molecule has 0 fully saturated rings. The van der Waals surface area contributed by atoms with E-state index in [0.717, 1.165) is 29.5 Å². The van der Waals surface area contributed by atoms with Crippen LogP contribution < -0.4 is 0 Å². The Hall–Kier alpha value is 0.01000. The van der Waals surface area contributed by atoms with Crippen molar-refractivity contribution in [2.75, 3.05) is 0 Å². The lowest BCUT2D eigenvalue weighted by atomic mass is 10.2. The van der Waals surface area contributed by atoms with Crippen LogP contribution in [-0.4, -0.2) is 15.3 Å². The van der Waals surface area contributed by atoms with Crippen molar-refractivity contribution >= 4 is 17.2 Å². The maximum Gasteiger partial charge on any atom is 0.0450 e. The van der Waals surface area contributed by atoms with E-state index in [1.165, 1.54) is 17.0 Å². The molecule has 0 aliphatic heterocycles. The molecule has 0 aromatic carbocycles. The van der Waals surface area contributed by atoms with Crippen LogP contribution >= 0.6 is 17.2 Å². The molecule has 0 aliphatic carbocycles. The van der Waals surface area contributed by atoms with E-state index in [2.05, 4.69) is 60.6 Å². The summed E-state index contributed by atoms with van der Waals surface area (Å²) in [6, 6.07) is 4.50. The Balaban J connectivity index is 2.71. The largest absolute Gasteiger partial charge is 0.257 e. The van der Waals surface area contributed by atoms with Crippen molar-refractivity contribution in [3.63, 3.8) is 0 Å². The van der Waals surface area contributed by atoms with Crippen molar-refractivity contribution in [2.45, 2.75) is 71.1 Å². The van der Waals surface area contributed by atoms with Gasteiger partial charge in [-0.2, -0.15) is 0 Å². The second kappa shape index (κ2) is 6.64. The molecule has 108 valence electrons. The summed E-state index contributed by atoms with van der Waals surface area (Å²) in [6.45, 7) is 16.0. The van der Waals surface area contributed by atoms with Gasteiger partial charge in [0.25, 0.3) is 0 Å². The predicted molar refractivity (Wildman–Crippen MR) is 92.5 cm³/mol. The average molecular weight is 297 g/mol. The fourth-order valence-electron chi connectivity index (χ4n) is 1.71. The minimum absolute atomic E-state index is 0.415. The Kier molecular flexibility index (Phi) is 5.96. The Morgan fingerprint density at radius 2 is 1.21 bits per heavy atom. The number of nitrogens with zero attached hydrogens (tertiary/aromatic N) is 1. The van der Waals surface area contributed by atoms with E-state index < -0.39 is 0 Å². The van der Waals surface area contributed by atoms with E-state index in [4.69, 9.17) is 4.98 Å². The van der Waals surface area contributed by atoms with Crippen LogP contribution in [-0.2, 0) is 12.3 Å². The lowest BCUT2D eigenvalue weighted by Crippen LogP contribution is -2.07. The van der Waals surface area contributed by atoms with Crippen molar-refractivity contribution in [3.05, 3.63) is 29.1 Å². The van der Waals surface area contributed by atoms with E-state index in [1.807, 2.05) is 0 Å². The zero-order chi connectivity index (χ0) is 14.7. The maximum atomic E-state index is 4.85. The van der Waals surface area contributed by atoms with Gasteiger partial charge in [0.05, 0.1) is 0 Å². The third-order valence-corrected chi connectivity index (χ3v) is 5.87. The first-order valence-electron chi connectivity index (χ1n) is 7.02. The molecule has 19 heavy (non-hydrogen) atoms. The highest BCUT2D eigenvalue weighted by Gasteiger charge is 2.13. The van der Waals surface area contributed by atoms with Crippen LogP contribution in [0.4, 0.5) is 0 Å². The summed E-state index contributed by atoms with van der Waals surface area (Å²) in [5.74, 6) is 0. The molecule has 0 saturated heterocycles. The number of aryl methyl sites for hydroxylation is 1. The SMILES string of the molecule is Cc1cc(CPC(C)(C)C)nc(CPC(C)(C)C)c1. The number of hydrogen-bond donors (Lipinski definition) is 0. The summed E-state index contributed by atoms with van der Waals surface area (Å²) >= 11 is 0. The zero-order valence-electron chi connectivity index (χ0n) is 13.5. The van der Waals surface area contributed by atoms with Crippen LogP contribution in [0.2, 0.25) is 0 Å². The van der Waals surface area contributed by atoms with Crippen molar-refractivity contribution < 1.29 is 0 Å². The third kappa shape index (κ3) is 8.01. The van der Waals surface area contributed by atoms with Crippen molar-refractivity contribution in [3.8, 4) is 0 Å². The first-order valence-corrected chi connectivity index (χ1v) is 9.43. The highest BCUT2D eigenvalue weighted by molar-refractivity contribution is 7.39. The van der Waals surface area contributed by atoms with Gasteiger partial charge < -0.3 is 0 Å². The lowest BCUT2D eigenvalue weighted by Gasteiger charge is -2.19. The van der Waals surface area contributed by atoms with E-state index in [9.17, 15) is 0 Å². The van der Waals surface area contributed by atoms with Gasteiger partial charge in [0.15, 0.2) is 0 Å². The number of hydrogen-bond acceptors (Lipinski definition) is 1. The van der Waals surface area contributed by atoms with E-state index >= 15 is 0 Å². The molecular formula is C16H29NP2. The monoisotopic (exact) mass is 297 g/mol. The fraction of sp³-hybridized carbons (Fsp3) is 0.688. The van der Waals surface area contributed by atoms with Crippen LogP contribution in [0.5, 0.6) is 0 Å². The van der Waals surface area contributed by atoms with Crippen LogP contribution in [0, 0.1) is 6.92 Å². The molecule has 0 bridgehead atoms. The summed E-state index contributed by atoms with van der Waals surface area (Å²) in [4.78, 5) is 4.85. The second-order valence-electron chi connectivity index (χ2n) is 7.33. The van der Waals surface area contributed by atoms with Crippen LogP contribution in [0.3, 0.4) is 0 Å². The second-order valence-corrected chi connectivity index (χ2v) is 11.7. The van der Waals surface area contributed by atoms with Gasteiger partial charge in [0, 0.05) is 23.7 Å². The lowest BCUT2D eigenvalue weighted by molar-refractivity contribution is 0.789. The van der Waals surface area contributed by atoms with Gasteiger partial charge in [-0.25, -0.2) is 0 Å². The van der Waals surface area contributed by atoms with Crippen LogP contribution in [0.1, 0.15) is 58.5 Å². The molecule has 0 aliphatic rings. The maximum absolute atomic E-state index is 4.85. The van der Waals surface area contributed by atoms with Gasteiger partial charge in [-0.15, -0.1) is 17.2 Å². The van der Waals surface area contributed by atoms with Crippen molar-refractivity contribution in [1.82, 2.24) is 4.98 Å². The van der Waals surface area contributed by atoms with Crippen molar-refractivity contribution in [1.29, 1.82) is 0 Å². The van der Waals surface area contributed by atoms with Crippen LogP contribution in [0.25, 0.3) is 0 Å². The highest BCUT2D eigenvalue weighted by atomic mass is 31.1. The Bertz CT molecular complexity index is 377. The fourth-order valence-corrected chi connectivity index (χ4v) is 3.49. The molecule has 0 spiro atoms. The zero-order valence-corrected chi connectivity index (χ0v) is 15.5. The molecular weight excluding hydrogens is 268 g/mol. The van der Waals surface area contributed by atoms with E-state index in [-0.39, 0.29) is 0 Å². The Morgan fingerprint density at radius 1 is 0.842 bits per heavy atom. The summed E-state index contributed by atoms with van der Waals surface area (Å²) in [7, 11) is 1.89. The molecule has 2 atom stereocenters.